The molecule has 0 aliphatic heterocycles. The third-order valence-corrected chi connectivity index (χ3v) is 3.81. The van der Waals surface area contributed by atoms with Crippen molar-refractivity contribution in [3.8, 4) is 11.5 Å². The van der Waals surface area contributed by atoms with E-state index >= 15 is 0 Å². The number of rotatable bonds is 7. The number of hydrogen-bond acceptors (Lipinski definition) is 4. The Bertz CT molecular complexity index is 599. The van der Waals surface area contributed by atoms with Gasteiger partial charge in [0.1, 0.15) is 12.4 Å². The van der Waals surface area contributed by atoms with Crippen LogP contribution in [-0.4, -0.2) is 29.8 Å². The van der Waals surface area contributed by atoms with Crippen molar-refractivity contribution >= 4 is 15.9 Å². The first-order valence-electron chi connectivity index (χ1n) is 6.82. The minimum absolute atomic E-state index is 0.544. The van der Waals surface area contributed by atoms with E-state index < -0.39 is 0 Å². The van der Waals surface area contributed by atoms with Crippen LogP contribution >= 0.6 is 15.9 Å². The Morgan fingerprint density at radius 3 is 2.81 bits per heavy atom. The highest BCUT2D eigenvalue weighted by Crippen LogP contribution is 2.36. The molecule has 2 rings (SSSR count). The Morgan fingerprint density at radius 2 is 2.19 bits per heavy atom. The summed E-state index contributed by atoms with van der Waals surface area (Å²) in [6.07, 6.45) is 4.53. The SMILES string of the molecule is COc1cc(CCN)cc(Br)c1OCCn1ccnc1C. The molecule has 0 aliphatic rings. The summed E-state index contributed by atoms with van der Waals surface area (Å²) in [5.74, 6) is 2.41. The molecule has 1 heterocycles. The molecule has 0 radical (unpaired) electrons. The van der Waals surface area contributed by atoms with Gasteiger partial charge >= 0.3 is 0 Å². The molecule has 21 heavy (non-hydrogen) atoms. The first-order valence-corrected chi connectivity index (χ1v) is 7.62. The molecule has 0 bridgehead atoms. The van der Waals surface area contributed by atoms with Crippen LogP contribution in [0.25, 0.3) is 0 Å². The van der Waals surface area contributed by atoms with E-state index in [0.29, 0.717) is 13.2 Å². The number of aryl methyl sites for hydroxylation is 1. The van der Waals surface area contributed by atoms with Gasteiger partial charge in [0.15, 0.2) is 11.5 Å². The van der Waals surface area contributed by atoms with Gasteiger partial charge in [-0.15, -0.1) is 0 Å². The number of ether oxygens (including phenoxy) is 2. The predicted octanol–water partition coefficient (Wildman–Crippen LogP) is 2.54. The van der Waals surface area contributed by atoms with Crippen LogP contribution in [0.2, 0.25) is 0 Å². The highest BCUT2D eigenvalue weighted by molar-refractivity contribution is 9.10. The van der Waals surface area contributed by atoms with Crippen molar-refractivity contribution in [1.82, 2.24) is 9.55 Å². The van der Waals surface area contributed by atoms with Crippen molar-refractivity contribution in [3.05, 3.63) is 40.4 Å². The molecule has 0 aliphatic carbocycles. The third kappa shape index (κ3) is 3.98. The zero-order valence-corrected chi connectivity index (χ0v) is 13.9. The first kappa shape index (κ1) is 15.9. The summed E-state index contributed by atoms with van der Waals surface area (Å²) >= 11 is 3.54. The lowest BCUT2D eigenvalue weighted by Gasteiger charge is -2.15. The van der Waals surface area contributed by atoms with Crippen LogP contribution in [0.1, 0.15) is 11.4 Å². The summed E-state index contributed by atoms with van der Waals surface area (Å²) in [5.41, 5.74) is 6.72. The third-order valence-electron chi connectivity index (χ3n) is 3.22. The van der Waals surface area contributed by atoms with Gasteiger partial charge < -0.3 is 19.8 Å². The molecule has 5 nitrogen and oxygen atoms in total. The predicted molar refractivity (Wildman–Crippen MR) is 85.9 cm³/mol. The number of halogens is 1. The second-order valence-corrected chi connectivity index (χ2v) is 5.52. The standard InChI is InChI=1S/C15H20BrN3O2/c1-11-18-5-6-19(11)7-8-21-15-13(16)9-12(3-4-17)10-14(15)20-2/h5-6,9-10H,3-4,7-8,17H2,1-2H3. The summed E-state index contributed by atoms with van der Waals surface area (Å²) in [5, 5.41) is 0. The van der Waals surface area contributed by atoms with Crippen LogP contribution < -0.4 is 15.2 Å². The van der Waals surface area contributed by atoms with Gasteiger partial charge in [-0.25, -0.2) is 4.98 Å². The van der Waals surface area contributed by atoms with Crippen LogP contribution in [0.5, 0.6) is 11.5 Å². The Morgan fingerprint density at radius 1 is 1.38 bits per heavy atom. The van der Waals surface area contributed by atoms with Gasteiger partial charge in [-0.05, 0) is 53.5 Å². The molecule has 0 amide bonds. The van der Waals surface area contributed by atoms with E-state index in [4.69, 9.17) is 15.2 Å². The molecule has 1 aromatic carbocycles. The number of imidazole rings is 1. The molecule has 0 saturated heterocycles. The quantitative estimate of drug-likeness (QED) is 0.830. The van der Waals surface area contributed by atoms with Crippen molar-refractivity contribution in [2.24, 2.45) is 5.73 Å². The molecule has 6 heteroatoms. The van der Waals surface area contributed by atoms with Crippen LogP contribution in [0, 0.1) is 6.92 Å². The molecule has 0 fully saturated rings. The zero-order chi connectivity index (χ0) is 15.2. The van der Waals surface area contributed by atoms with Gasteiger partial charge in [0.25, 0.3) is 0 Å². The molecule has 2 aromatic rings. The van der Waals surface area contributed by atoms with E-state index in [2.05, 4.69) is 20.9 Å². The fraction of sp³-hybridized carbons (Fsp3) is 0.400. The van der Waals surface area contributed by atoms with Crippen molar-refractivity contribution in [3.63, 3.8) is 0 Å². The maximum Gasteiger partial charge on any atom is 0.175 e. The average molecular weight is 354 g/mol. The lowest BCUT2D eigenvalue weighted by atomic mass is 10.1. The molecule has 0 spiro atoms. The van der Waals surface area contributed by atoms with Crippen LogP contribution in [0.4, 0.5) is 0 Å². The molecule has 0 unspecified atom stereocenters. The summed E-state index contributed by atoms with van der Waals surface area (Å²) in [7, 11) is 1.64. The number of nitrogens with zero attached hydrogens (tertiary/aromatic N) is 2. The van der Waals surface area contributed by atoms with E-state index in [1.165, 1.54) is 0 Å². The first-order chi connectivity index (χ1) is 10.2. The number of hydrogen-bond donors (Lipinski definition) is 1. The monoisotopic (exact) mass is 353 g/mol. The summed E-state index contributed by atoms with van der Waals surface area (Å²) in [4.78, 5) is 4.19. The van der Waals surface area contributed by atoms with E-state index in [-0.39, 0.29) is 0 Å². The average Bonchev–Trinajstić information content (AvgIpc) is 2.86. The van der Waals surface area contributed by atoms with E-state index in [1.54, 1.807) is 13.3 Å². The minimum atomic E-state index is 0.544. The van der Waals surface area contributed by atoms with Crippen molar-refractivity contribution in [2.45, 2.75) is 19.9 Å². The Kier molecular flexibility index (Phi) is 5.64. The van der Waals surface area contributed by atoms with Crippen LogP contribution in [0.3, 0.4) is 0 Å². The van der Waals surface area contributed by atoms with Gasteiger partial charge in [0.05, 0.1) is 18.1 Å². The normalized spacial score (nSPS) is 10.7. The van der Waals surface area contributed by atoms with E-state index in [0.717, 1.165) is 40.3 Å². The smallest absolute Gasteiger partial charge is 0.175 e. The van der Waals surface area contributed by atoms with Crippen molar-refractivity contribution in [1.29, 1.82) is 0 Å². The van der Waals surface area contributed by atoms with Crippen molar-refractivity contribution < 1.29 is 9.47 Å². The second kappa shape index (κ2) is 7.47. The highest BCUT2D eigenvalue weighted by Gasteiger charge is 2.11. The second-order valence-electron chi connectivity index (χ2n) is 4.66. The highest BCUT2D eigenvalue weighted by atomic mass is 79.9. The number of methoxy groups -OCH3 is 1. The van der Waals surface area contributed by atoms with Crippen LogP contribution in [-0.2, 0) is 13.0 Å². The van der Waals surface area contributed by atoms with E-state index in [9.17, 15) is 0 Å². The van der Waals surface area contributed by atoms with Crippen LogP contribution in [0.15, 0.2) is 29.0 Å². The fourth-order valence-electron chi connectivity index (χ4n) is 2.11. The molecule has 0 atom stereocenters. The Balaban J connectivity index is 2.06. The molecular formula is C15H20BrN3O2. The zero-order valence-electron chi connectivity index (χ0n) is 12.3. The topological polar surface area (TPSA) is 62.3 Å². The Hall–Kier alpha value is -1.53. The lowest BCUT2D eigenvalue weighted by Crippen LogP contribution is -2.10. The largest absolute Gasteiger partial charge is 0.493 e. The maximum absolute atomic E-state index is 5.87. The Labute approximate surface area is 133 Å². The number of aromatic nitrogens is 2. The van der Waals surface area contributed by atoms with Gasteiger partial charge in [-0.1, -0.05) is 0 Å². The molecule has 114 valence electrons. The van der Waals surface area contributed by atoms with Crippen molar-refractivity contribution in [2.75, 3.05) is 20.3 Å². The van der Waals surface area contributed by atoms with E-state index in [1.807, 2.05) is 29.8 Å². The summed E-state index contributed by atoms with van der Waals surface area (Å²) < 4.78 is 14.2. The maximum atomic E-state index is 5.87. The molecular weight excluding hydrogens is 334 g/mol. The number of nitrogens with two attached hydrogens (primary N) is 1. The molecule has 1 aromatic heterocycles. The van der Waals surface area contributed by atoms with Gasteiger partial charge in [-0.2, -0.15) is 0 Å². The minimum Gasteiger partial charge on any atom is -0.493 e. The van der Waals surface area contributed by atoms with Gasteiger partial charge in [-0.3, -0.25) is 0 Å². The molecule has 2 N–H and O–H groups in total. The summed E-state index contributed by atoms with van der Waals surface area (Å²) in [6, 6.07) is 3.99. The number of benzene rings is 1. The lowest BCUT2D eigenvalue weighted by molar-refractivity contribution is 0.277. The van der Waals surface area contributed by atoms with Gasteiger partial charge in [0.2, 0.25) is 0 Å². The van der Waals surface area contributed by atoms with Gasteiger partial charge in [0, 0.05) is 12.4 Å². The molecule has 0 saturated carbocycles. The summed E-state index contributed by atoms with van der Waals surface area (Å²) in [6.45, 7) is 3.86. The fourth-order valence-corrected chi connectivity index (χ4v) is 2.71.